The SMILES string of the molecule is COCCc1noc(C2CCCCN2C2CCN(c3ccccc3C)CC2)n1. The molecule has 28 heavy (non-hydrogen) atoms. The fourth-order valence-corrected chi connectivity index (χ4v) is 4.71. The lowest BCUT2D eigenvalue weighted by atomic mass is 9.94. The summed E-state index contributed by atoms with van der Waals surface area (Å²) < 4.78 is 10.8. The molecule has 6 nitrogen and oxygen atoms in total. The molecule has 2 fully saturated rings. The number of likely N-dealkylation sites (tertiary alicyclic amines) is 1. The molecule has 1 atom stereocenters. The lowest BCUT2D eigenvalue weighted by Crippen LogP contribution is -2.48. The van der Waals surface area contributed by atoms with E-state index in [1.807, 2.05) is 0 Å². The summed E-state index contributed by atoms with van der Waals surface area (Å²) in [6.07, 6.45) is 6.70. The zero-order chi connectivity index (χ0) is 19.3. The van der Waals surface area contributed by atoms with Crippen LogP contribution in [0.15, 0.2) is 28.8 Å². The highest BCUT2D eigenvalue weighted by molar-refractivity contribution is 5.53. The maximum absolute atomic E-state index is 5.66. The van der Waals surface area contributed by atoms with Crippen LogP contribution >= 0.6 is 0 Å². The van der Waals surface area contributed by atoms with Gasteiger partial charge in [0.15, 0.2) is 5.82 Å². The number of ether oxygens (including phenoxy) is 1. The Kier molecular flexibility index (Phi) is 6.27. The number of aryl methyl sites for hydroxylation is 1. The van der Waals surface area contributed by atoms with Gasteiger partial charge in [-0.1, -0.05) is 29.8 Å². The lowest BCUT2D eigenvalue weighted by molar-refractivity contribution is 0.0603. The summed E-state index contributed by atoms with van der Waals surface area (Å²) in [5.74, 6) is 1.56. The second-order valence-corrected chi connectivity index (χ2v) is 8.05. The van der Waals surface area contributed by atoms with Crippen molar-refractivity contribution in [2.24, 2.45) is 0 Å². The summed E-state index contributed by atoms with van der Waals surface area (Å²) in [6, 6.07) is 9.59. The molecule has 0 spiro atoms. The first-order valence-corrected chi connectivity index (χ1v) is 10.6. The van der Waals surface area contributed by atoms with E-state index in [2.05, 4.69) is 51.1 Å². The molecule has 0 radical (unpaired) electrons. The van der Waals surface area contributed by atoms with E-state index in [1.165, 1.54) is 36.9 Å². The van der Waals surface area contributed by atoms with Gasteiger partial charge in [-0.25, -0.2) is 0 Å². The zero-order valence-corrected chi connectivity index (χ0v) is 17.1. The molecule has 2 aromatic rings. The Labute approximate surface area is 167 Å². The van der Waals surface area contributed by atoms with Crippen LogP contribution in [0.5, 0.6) is 0 Å². The van der Waals surface area contributed by atoms with E-state index in [1.54, 1.807) is 7.11 Å². The summed E-state index contributed by atoms with van der Waals surface area (Å²) >= 11 is 0. The standard InChI is InChI=1S/C22H32N4O2/c1-17-7-3-4-8-19(17)25-14-10-18(11-15-25)26-13-6-5-9-20(26)22-23-21(24-28-22)12-16-27-2/h3-4,7-8,18,20H,5-6,9-16H2,1-2H3. The molecule has 0 bridgehead atoms. The van der Waals surface area contributed by atoms with Crippen LogP contribution < -0.4 is 4.90 Å². The zero-order valence-electron chi connectivity index (χ0n) is 17.1. The first-order valence-electron chi connectivity index (χ1n) is 10.6. The maximum atomic E-state index is 5.66. The van der Waals surface area contributed by atoms with E-state index in [9.17, 15) is 0 Å². The molecule has 2 aliphatic heterocycles. The Morgan fingerprint density at radius 3 is 2.71 bits per heavy atom. The van der Waals surface area contributed by atoms with E-state index in [-0.39, 0.29) is 6.04 Å². The molecule has 6 heteroatoms. The van der Waals surface area contributed by atoms with Crippen molar-refractivity contribution in [1.82, 2.24) is 15.0 Å². The van der Waals surface area contributed by atoms with E-state index < -0.39 is 0 Å². The minimum absolute atomic E-state index is 0.271. The number of hydrogen-bond donors (Lipinski definition) is 0. The van der Waals surface area contributed by atoms with Crippen LogP contribution in [0.25, 0.3) is 0 Å². The summed E-state index contributed by atoms with van der Waals surface area (Å²) in [6.45, 7) is 6.20. The Bertz CT molecular complexity index is 754. The van der Waals surface area contributed by atoms with Crippen molar-refractivity contribution in [3.05, 3.63) is 41.5 Å². The Hall–Kier alpha value is -1.92. The van der Waals surface area contributed by atoms with Crippen molar-refractivity contribution in [2.45, 2.75) is 57.5 Å². The second kappa shape index (κ2) is 9.05. The molecule has 1 aromatic carbocycles. The van der Waals surface area contributed by atoms with Crippen LogP contribution in [0.2, 0.25) is 0 Å². The van der Waals surface area contributed by atoms with Crippen molar-refractivity contribution in [3.63, 3.8) is 0 Å². The van der Waals surface area contributed by atoms with Gasteiger partial charge >= 0.3 is 0 Å². The highest BCUT2D eigenvalue weighted by atomic mass is 16.5. The van der Waals surface area contributed by atoms with Gasteiger partial charge in [0.25, 0.3) is 0 Å². The van der Waals surface area contributed by atoms with Crippen LogP contribution in [0.4, 0.5) is 5.69 Å². The molecular weight excluding hydrogens is 352 g/mol. The molecule has 3 heterocycles. The first kappa shape index (κ1) is 19.4. The molecule has 1 unspecified atom stereocenters. The van der Waals surface area contributed by atoms with Gasteiger partial charge in [-0.05, 0) is 50.8 Å². The minimum atomic E-state index is 0.271. The Morgan fingerprint density at radius 2 is 1.93 bits per heavy atom. The molecule has 0 N–H and O–H groups in total. The second-order valence-electron chi connectivity index (χ2n) is 8.05. The number of para-hydroxylation sites is 1. The molecular formula is C22H32N4O2. The highest BCUT2D eigenvalue weighted by Gasteiger charge is 2.35. The lowest BCUT2D eigenvalue weighted by Gasteiger charge is -2.44. The third kappa shape index (κ3) is 4.23. The normalized spacial score (nSPS) is 21.9. The van der Waals surface area contributed by atoms with E-state index in [4.69, 9.17) is 9.26 Å². The van der Waals surface area contributed by atoms with Crippen LogP contribution in [0.1, 0.15) is 55.4 Å². The third-order valence-corrected chi connectivity index (χ3v) is 6.23. The number of aromatic nitrogens is 2. The Balaban J connectivity index is 1.41. The molecule has 2 saturated heterocycles. The number of benzene rings is 1. The van der Waals surface area contributed by atoms with Gasteiger partial charge in [-0.2, -0.15) is 4.98 Å². The minimum Gasteiger partial charge on any atom is -0.384 e. The van der Waals surface area contributed by atoms with Gasteiger partial charge in [0.2, 0.25) is 5.89 Å². The molecule has 1 aromatic heterocycles. The molecule has 4 rings (SSSR count). The van der Waals surface area contributed by atoms with E-state index >= 15 is 0 Å². The number of hydrogen-bond acceptors (Lipinski definition) is 6. The summed E-state index contributed by atoms with van der Waals surface area (Å²) in [5, 5.41) is 4.17. The van der Waals surface area contributed by atoms with Gasteiger partial charge < -0.3 is 14.2 Å². The molecule has 152 valence electrons. The van der Waals surface area contributed by atoms with Crippen molar-refractivity contribution >= 4 is 5.69 Å². The number of methoxy groups -OCH3 is 1. The van der Waals surface area contributed by atoms with Crippen molar-refractivity contribution in [3.8, 4) is 0 Å². The molecule has 0 saturated carbocycles. The monoisotopic (exact) mass is 384 g/mol. The van der Waals surface area contributed by atoms with E-state index in [0.717, 1.165) is 37.8 Å². The quantitative estimate of drug-likeness (QED) is 0.756. The fourth-order valence-electron chi connectivity index (χ4n) is 4.71. The molecule has 0 amide bonds. The van der Waals surface area contributed by atoms with E-state index in [0.29, 0.717) is 19.1 Å². The maximum Gasteiger partial charge on any atom is 0.244 e. The predicted molar refractivity (Wildman–Crippen MR) is 110 cm³/mol. The van der Waals surface area contributed by atoms with Crippen LogP contribution in [0.3, 0.4) is 0 Å². The van der Waals surface area contributed by atoms with Gasteiger partial charge in [0, 0.05) is 38.3 Å². The topological polar surface area (TPSA) is 54.6 Å². The Morgan fingerprint density at radius 1 is 1.11 bits per heavy atom. The summed E-state index contributed by atoms with van der Waals surface area (Å²) in [7, 11) is 1.70. The van der Waals surface area contributed by atoms with Gasteiger partial charge in [0.1, 0.15) is 0 Å². The summed E-state index contributed by atoms with van der Waals surface area (Å²) in [5.41, 5.74) is 2.75. The molecule has 2 aliphatic rings. The largest absolute Gasteiger partial charge is 0.384 e. The first-order chi connectivity index (χ1) is 13.8. The average Bonchev–Trinajstić information content (AvgIpc) is 3.22. The smallest absolute Gasteiger partial charge is 0.244 e. The molecule has 0 aliphatic carbocycles. The van der Waals surface area contributed by atoms with Crippen LogP contribution in [0, 0.1) is 6.92 Å². The third-order valence-electron chi connectivity index (χ3n) is 6.23. The van der Waals surface area contributed by atoms with Crippen molar-refractivity contribution in [2.75, 3.05) is 38.3 Å². The van der Waals surface area contributed by atoms with Gasteiger partial charge in [-0.3, -0.25) is 4.90 Å². The van der Waals surface area contributed by atoms with Gasteiger partial charge in [-0.15, -0.1) is 0 Å². The predicted octanol–water partition coefficient (Wildman–Crippen LogP) is 3.76. The van der Waals surface area contributed by atoms with Crippen molar-refractivity contribution in [1.29, 1.82) is 0 Å². The number of anilines is 1. The van der Waals surface area contributed by atoms with Crippen LogP contribution in [-0.2, 0) is 11.2 Å². The summed E-state index contributed by atoms with van der Waals surface area (Å²) in [4.78, 5) is 9.87. The highest BCUT2D eigenvalue weighted by Crippen LogP contribution is 2.35. The van der Waals surface area contributed by atoms with Gasteiger partial charge in [0.05, 0.1) is 12.6 Å². The number of rotatable bonds is 6. The van der Waals surface area contributed by atoms with Crippen molar-refractivity contribution < 1.29 is 9.26 Å². The number of nitrogens with zero attached hydrogens (tertiary/aromatic N) is 4. The average molecular weight is 385 g/mol. The van der Waals surface area contributed by atoms with Crippen LogP contribution in [-0.4, -0.2) is 54.4 Å². The number of piperidine rings is 2. The fraction of sp³-hybridized carbons (Fsp3) is 0.636.